The van der Waals surface area contributed by atoms with E-state index in [0.29, 0.717) is 12.1 Å². The first-order chi connectivity index (χ1) is 14.0. The van der Waals surface area contributed by atoms with Crippen LogP contribution < -0.4 is 5.32 Å². The van der Waals surface area contributed by atoms with E-state index in [2.05, 4.69) is 5.32 Å². The van der Waals surface area contributed by atoms with Crippen LogP contribution in [0.5, 0.6) is 0 Å². The van der Waals surface area contributed by atoms with Crippen molar-refractivity contribution in [3.8, 4) is 0 Å². The van der Waals surface area contributed by atoms with Crippen LogP contribution in [0.1, 0.15) is 22.8 Å². The Morgan fingerprint density at radius 1 is 1.03 bits per heavy atom. The Labute approximate surface area is 169 Å². The van der Waals surface area contributed by atoms with Crippen molar-refractivity contribution < 1.29 is 24.5 Å². The number of rotatable bonds is 7. The second-order valence-electron chi connectivity index (χ2n) is 7.14. The van der Waals surface area contributed by atoms with E-state index in [4.69, 9.17) is 4.74 Å². The highest BCUT2D eigenvalue weighted by atomic mass is 16.6. The minimum atomic E-state index is -1.09. The van der Waals surface area contributed by atoms with Crippen LogP contribution in [-0.2, 0) is 16.1 Å². The maximum absolute atomic E-state index is 12.6. The molecule has 4 atom stereocenters. The molecule has 1 aliphatic rings. The molecular formula is C22H26N2O5. The monoisotopic (exact) mass is 398 g/mol. The molecule has 1 saturated heterocycles. The molecule has 154 valence electrons. The number of likely N-dealkylation sites (tertiary alicyclic amines) is 1. The highest BCUT2D eigenvalue weighted by Gasteiger charge is 2.50. The number of amides is 1. The summed E-state index contributed by atoms with van der Waals surface area (Å²) in [5, 5.41) is 23.5. The summed E-state index contributed by atoms with van der Waals surface area (Å²) >= 11 is 0. The van der Waals surface area contributed by atoms with E-state index < -0.39 is 30.3 Å². The van der Waals surface area contributed by atoms with Gasteiger partial charge in [0.15, 0.2) is 0 Å². The molecule has 1 amide bonds. The maximum Gasteiger partial charge on any atom is 0.338 e. The smallest absolute Gasteiger partial charge is 0.338 e. The van der Waals surface area contributed by atoms with Crippen LogP contribution in [0.3, 0.4) is 0 Å². The van der Waals surface area contributed by atoms with E-state index in [1.807, 2.05) is 35.2 Å². The zero-order valence-corrected chi connectivity index (χ0v) is 16.3. The van der Waals surface area contributed by atoms with Gasteiger partial charge in [-0.3, -0.25) is 9.69 Å². The van der Waals surface area contributed by atoms with Crippen molar-refractivity contribution in [2.75, 3.05) is 13.2 Å². The number of hydrogen-bond acceptors (Lipinski definition) is 6. The number of aliphatic hydroxyl groups is 2. The quantitative estimate of drug-likeness (QED) is 0.601. The van der Waals surface area contributed by atoms with Gasteiger partial charge in [0, 0.05) is 20.0 Å². The summed E-state index contributed by atoms with van der Waals surface area (Å²) < 4.78 is 5.66. The third-order valence-corrected chi connectivity index (χ3v) is 5.17. The van der Waals surface area contributed by atoms with Crippen LogP contribution in [0.25, 0.3) is 0 Å². The molecule has 29 heavy (non-hydrogen) atoms. The molecule has 0 radical (unpaired) electrons. The van der Waals surface area contributed by atoms with Crippen LogP contribution in [0, 0.1) is 0 Å². The summed E-state index contributed by atoms with van der Waals surface area (Å²) in [6, 6.07) is 17.0. The first kappa shape index (κ1) is 21.0. The number of nitrogens with one attached hydrogen (secondary N) is 1. The summed E-state index contributed by atoms with van der Waals surface area (Å²) in [7, 11) is 0. The average molecular weight is 398 g/mol. The molecule has 2 aromatic rings. The minimum absolute atomic E-state index is 0.183. The van der Waals surface area contributed by atoms with Crippen molar-refractivity contribution in [1.82, 2.24) is 10.2 Å². The molecule has 3 N–H and O–H groups in total. The molecule has 1 fully saturated rings. The number of nitrogens with zero attached hydrogens (tertiary/aromatic N) is 1. The lowest BCUT2D eigenvalue weighted by molar-refractivity contribution is -0.119. The first-order valence-corrected chi connectivity index (χ1v) is 9.60. The van der Waals surface area contributed by atoms with Gasteiger partial charge in [0.25, 0.3) is 0 Å². The fourth-order valence-electron chi connectivity index (χ4n) is 3.71. The lowest BCUT2D eigenvalue weighted by Gasteiger charge is -2.30. The van der Waals surface area contributed by atoms with Gasteiger partial charge < -0.3 is 20.3 Å². The van der Waals surface area contributed by atoms with Crippen LogP contribution >= 0.6 is 0 Å². The minimum Gasteiger partial charge on any atom is -0.454 e. The summed E-state index contributed by atoms with van der Waals surface area (Å²) in [5.74, 6) is -0.777. The Morgan fingerprint density at radius 2 is 1.66 bits per heavy atom. The number of hydrogen-bond donors (Lipinski definition) is 3. The number of carbonyl (C=O) groups excluding carboxylic acids is 2. The number of benzene rings is 2. The van der Waals surface area contributed by atoms with E-state index in [0.717, 1.165) is 5.56 Å². The maximum atomic E-state index is 12.6. The lowest BCUT2D eigenvalue weighted by atomic mass is 10.1. The van der Waals surface area contributed by atoms with Crippen molar-refractivity contribution in [1.29, 1.82) is 0 Å². The summed E-state index contributed by atoms with van der Waals surface area (Å²) in [4.78, 5) is 26.0. The summed E-state index contributed by atoms with van der Waals surface area (Å²) in [5.41, 5.74) is 1.36. The second kappa shape index (κ2) is 9.65. The van der Waals surface area contributed by atoms with Crippen LogP contribution in [0.15, 0.2) is 60.7 Å². The molecule has 7 nitrogen and oxygen atoms in total. The fraction of sp³-hybridized carbons (Fsp3) is 0.364. The van der Waals surface area contributed by atoms with Gasteiger partial charge in [0.1, 0.15) is 12.2 Å². The Balaban J connectivity index is 1.85. The molecule has 3 rings (SSSR count). The third-order valence-electron chi connectivity index (χ3n) is 5.17. The van der Waals surface area contributed by atoms with Crippen LogP contribution in [0.4, 0.5) is 0 Å². The van der Waals surface area contributed by atoms with Crippen molar-refractivity contribution in [2.24, 2.45) is 0 Å². The standard InChI is InChI=1S/C22H26N2O5/c1-15(26)23-12-18-21(29-22(28)17-10-6-3-7-11-17)20(27)19(14-25)24(18)13-16-8-4-2-5-9-16/h2-11,18-21,25,27H,12-14H2,1H3,(H,23,26)/t18-,19-,20-,21-/m1/s1. The largest absolute Gasteiger partial charge is 0.454 e. The third kappa shape index (κ3) is 5.00. The fourth-order valence-corrected chi connectivity index (χ4v) is 3.71. The molecule has 0 unspecified atom stereocenters. The molecule has 0 aliphatic carbocycles. The highest BCUT2D eigenvalue weighted by molar-refractivity contribution is 5.89. The van der Waals surface area contributed by atoms with Crippen LogP contribution in [-0.4, -0.2) is 64.4 Å². The number of carbonyl (C=O) groups is 2. The Morgan fingerprint density at radius 3 is 2.24 bits per heavy atom. The van der Waals surface area contributed by atoms with Crippen molar-refractivity contribution >= 4 is 11.9 Å². The van der Waals surface area contributed by atoms with Crippen molar-refractivity contribution in [2.45, 2.75) is 37.8 Å². The molecule has 7 heteroatoms. The van der Waals surface area contributed by atoms with Gasteiger partial charge in [-0.25, -0.2) is 4.79 Å². The lowest BCUT2D eigenvalue weighted by Crippen LogP contribution is -2.47. The topological polar surface area (TPSA) is 99.1 Å². The van der Waals surface area contributed by atoms with Crippen LogP contribution in [0.2, 0.25) is 0 Å². The number of esters is 1. The SMILES string of the molecule is CC(=O)NC[C@@H]1[C@@H](OC(=O)c2ccccc2)[C@H](O)[C@@H](CO)N1Cc1ccccc1. The normalized spacial score (nSPS) is 24.2. The van der Waals surface area contributed by atoms with Gasteiger partial charge in [0.05, 0.1) is 24.3 Å². The Hall–Kier alpha value is -2.74. The Bertz CT molecular complexity index is 814. The van der Waals surface area contributed by atoms with E-state index in [1.165, 1.54) is 6.92 Å². The van der Waals surface area contributed by atoms with E-state index in [-0.39, 0.29) is 19.1 Å². The molecular weight excluding hydrogens is 372 g/mol. The van der Waals surface area contributed by atoms with Gasteiger partial charge in [-0.05, 0) is 17.7 Å². The average Bonchev–Trinajstić information content (AvgIpc) is 2.97. The molecule has 0 spiro atoms. The first-order valence-electron chi connectivity index (χ1n) is 9.60. The molecule has 0 aromatic heterocycles. The van der Waals surface area contributed by atoms with Gasteiger partial charge in [-0.2, -0.15) is 0 Å². The molecule has 0 bridgehead atoms. The predicted molar refractivity (Wildman–Crippen MR) is 107 cm³/mol. The molecule has 1 aliphatic heterocycles. The van der Waals surface area contributed by atoms with E-state index >= 15 is 0 Å². The Kier molecular flexibility index (Phi) is 6.98. The number of ether oxygens (including phenoxy) is 1. The van der Waals surface area contributed by atoms with Gasteiger partial charge in [-0.15, -0.1) is 0 Å². The molecule has 0 saturated carbocycles. The summed E-state index contributed by atoms with van der Waals surface area (Å²) in [6.07, 6.45) is -1.98. The predicted octanol–water partition coefficient (Wildman–Crippen LogP) is 0.954. The van der Waals surface area contributed by atoms with Crippen molar-refractivity contribution in [3.63, 3.8) is 0 Å². The zero-order valence-electron chi connectivity index (χ0n) is 16.3. The van der Waals surface area contributed by atoms with Crippen molar-refractivity contribution in [3.05, 3.63) is 71.8 Å². The van der Waals surface area contributed by atoms with E-state index in [1.54, 1.807) is 30.3 Å². The van der Waals surface area contributed by atoms with Gasteiger partial charge in [0.2, 0.25) is 5.91 Å². The molecule has 2 aromatic carbocycles. The van der Waals surface area contributed by atoms with E-state index in [9.17, 15) is 19.8 Å². The summed E-state index contributed by atoms with van der Waals surface area (Å²) in [6.45, 7) is 1.72. The highest BCUT2D eigenvalue weighted by Crippen LogP contribution is 2.30. The zero-order chi connectivity index (χ0) is 20.8. The number of aliphatic hydroxyl groups excluding tert-OH is 2. The van der Waals surface area contributed by atoms with Gasteiger partial charge >= 0.3 is 5.97 Å². The molecule has 1 heterocycles. The second-order valence-corrected chi connectivity index (χ2v) is 7.14. The van der Waals surface area contributed by atoms with Gasteiger partial charge in [-0.1, -0.05) is 48.5 Å².